The molecule has 0 atom stereocenters. The molecule has 0 aromatic carbocycles. The molecule has 2 aromatic heterocycles. The van der Waals surface area contributed by atoms with Crippen LogP contribution in [0.3, 0.4) is 0 Å². The monoisotopic (exact) mass is 263 g/mol. The molecule has 5 nitrogen and oxygen atoms in total. The summed E-state index contributed by atoms with van der Waals surface area (Å²) in [6, 6.07) is 1.64. The number of hydrogen-bond donors (Lipinski definition) is 1. The fourth-order valence-electron chi connectivity index (χ4n) is 2.04. The standard InChI is InChI=1S/C14H18N2O3/c1-5-16-7-6-13(17)14(10(16)3)18-8-12-9(2)15-19-11(12)4/h6-7H,5,8H2,1-4H3/p+1. The Kier molecular flexibility index (Phi) is 3.74. The van der Waals surface area contributed by atoms with Crippen molar-refractivity contribution in [2.45, 2.75) is 40.8 Å². The van der Waals surface area contributed by atoms with Crippen LogP contribution >= 0.6 is 0 Å². The van der Waals surface area contributed by atoms with E-state index in [0.29, 0.717) is 12.4 Å². The second-order valence-corrected chi connectivity index (χ2v) is 4.49. The minimum atomic E-state index is 0.147. The summed E-state index contributed by atoms with van der Waals surface area (Å²) in [5.41, 5.74) is 2.63. The topological polar surface area (TPSA) is 59.4 Å². The average Bonchev–Trinajstić information content (AvgIpc) is 2.70. The molecule has 0 aliphatic carbocycles. The molecule has 2 aromatic rings. The second-order valence-electron chi connectivity index (χ2n) is 4.49. The van der Waals surface area contributed by atoms with Crippen molar-refractivity contribution in [2.75, 3.05) is 0 Å². The lowest BCUT2D eigenvalue weighted by atomic mass is 10.2. The summed E-state index contributed by atoms with van der Waals surface area (Å²) in [6.07, 6.45) is 1.84. The van der Waals surface area contributed by atoms with Crippen LogP contribution in [0.15, 0.2) is 16.8 Å². The van der Waals surface area contributed by atoms with Gasteiger partial charge in [0.2, 0.25) is 11.4 Å². The third-order valence-electron chi connectivity index (χ3n) is 3.29. The minimum Gasteiger partial charge on any atom is -0.504 e. The van der Waals surface area contributed by atoms with Gasteiger partial charge in [-0.15, -0.1) is 0 Å². The van der Waals surface area contributed by atoms with Crippen molar-refractivity contribution in [1.29, 1.82) is 0 Å². The fraction of sp³-hybridized carbons (Fsp3) is 0.429. The number of aromatic hydroxyl groups is 1. The van der Waals surface area contributed by atoms with Gasteiger partial charge in [-0.1, -0.05) is 5.16 Å². The van der Waals surface area contributed by atoms with Crippen LogP contribution in [0.1, 0.15) is 29.6 Å². The van der Waals surface area contributed by atoms with Crippen molar-refractivity contribution < 1.29 is 18.9 Å². The first kappa shape index (κ1) is 13.4. The van der Waals surface area contributed by atoms with E-state index in [0.717, 1.165) is 29.3 Å². The highest BCUT2D eigenvalue weighted by molar-refractivity contribution is 5.38. The molecule has 0 aliphatic heterocycles. The van der Waals surface area contributed by atoms with Gasteiger partial charge in [-0.05, 0) is 20.8 Å². The van der Waals surface area contributed by atoms with Gasteiger partial charge in [-0.2, -0.15) is 4.57 Å². The Hall–Kier alpha value is -2.04. The van der Waals surface area contributed by atoms with Gasteiger partial charge in [0.25, 0.3) is 0 Å². The number of aromatic nitrogens is 2. The molecule has 2 heterocycles. The van der Waals surface area contributed by atoms with Gasteiger partial charge in [-0.3, -0.25) is 0 Å². The summed E-state index contributed by atoms with van der Waals surface area (Å²) in [6.45, 7) is 8.85. The van der Waals surface area contributed by atoms with Gasteiger partial charge in [-0.25, -0.2) is 0 Å². The van der Waals surface area contributed by atoms with Crippen molar-refractivity contribution in [3.63, 3.8) is 0 Å². The summed E-state index contributed by atoms with van der Waals surface area (Å²) in [5.74, 6) is 1.40. The Morgan fingerprint density at radius 1 is 1.37 bits per heavy atom. The van der Waals surface area contributed by atoms with Crippen LogP contribution in [0.25, 0.3) is 0 Å². The normalized spacial score (nSPS) is 10.7. The first-order valence-electron chi connectivity index (χ1n) is 6.31. The molecule has 5 heteroatoms. The third-order valence-corrected chi connectivity index (χ3v) is 3.29. The molecule has 0 saturated heterocycles. The number of rotatable bonds is 4. The van der Waals surface area contributed by atoms with Crippen molar-refractivity contribution >= 4 is 0 Å². The van der Waals surface area contributed by atoms with Crippen molar-refractivity contribution in [2.24, 2.45) is 0 Å². The highest BCUT2D eigenvalue weighted by Crippen LogP contribution is 2.28. The molecular formula is C14H19N2O3+. The molecule has 19 heavy (non-hydrogen) atoms. The maximum atomic E-state index is 9.90. The smallest absolute Gasteiger partial charge is 0.229 e. The van der Waals surface area contributed by atoms with Gasteiger partial charge in [0.1, 0.15) is 18.9 Å². The molecule has 0 unspecified atom stereocenters. The molecule has 0 saturated carbocycles. The van der Waals surface area contributed by atoms with E-state index in [1.54, 1.807) is 6.07 Å². The van der Waals surface area contributed by atoms with Gasteiger partial charge >= 0.3 is 0 Å². The zero-order chi connectivity index (χ0) is 14.0. The van der Waals surface area contributed by atoms with Crippen LogP contribution in [0, 0.1) is 20.8 Å². The molecule has 1 N–H and O–H groups in total. The van der Waals surface area contributed by atoms with E-state index in [9.17, 15) is 5.11 Å². The fourth-order valence-corrected chi connectivity index (χ4v) is 2.04. The molecule has 0 spiro atoms. The molecule has 0 bridgehead atoms. The Morgan fingerprint density at radius 2 is 2.11 bits per heavy atom. The Morgan fingerprint density at radius 3 is 2.68 bits per heavy atom. The summed E-state index contributed by atoms with van der Waals surface area (Å²) in [4.78, 5) is 0. The number of pyridine rings is 1. The van der Waals surface area contributed by atoms with Gasteiger partial charge < -0.3 is 14.4 Å². The first-order valence-corrected chi connectivity index (χ1v) is 6.31. The number of ether oxygens (including phenoxy) is 1. The van der Waals surface area contributed by atoms with E-state index in [4.69, 9.17) is 9.26 Å². The van der Waals surface area contributed by atoms with Crippen LogP contribution in [0.4, 0.5) is 0 Å². The van der Waals surface area contributed by atoms with Crippen LogP contribution in [-0.4, -0.2) is 10.3 Å². The number of hydrogen-bond acceptors (Lipinski definition) is 4. The lowest BCUT2D eigenvalue weighted by Gasteiger charge is -2.09. The number of aryl methyl sites for hydroxylation is 3. The summed E-state index contributed by atoms with van der Waals surface area (Å²) < 4.78 is 12.9. The van der Waals surface area contributed by atoms with E-state index in [-0.39, 0.29) is 5.75 Å². The quantitative estimate of drug-likeness (QED) is 0.859. The molecule has 0 radical (unpaired) electrons. The van der Waals surface area contributed by atoms with Gasteiger partial charge in [0.15, 0.2) is 11.9 Å². The van der Waals surface area contributed by atoms with E-state index >= 15 is 0 Å². The molecular weight excluding hydrogens is 244 g/mol. The van der Waals surface area contributed by atoms with Gasteiger partial charge in [0, 0.05) is 13.0 Å². The first-order chi connectivity index (χ1) is 9.04. The third kappa shape index (κ3) is 2.54. The zero-order valence-electron chi connectivity index (χ0n) is 11.7. The highest BCUT2D eigenvalue weighted by Gasteiger charge is 2.18. The Balaban J connectivity index is 2.25. The lowest BCUT2D eigenvalue weighted by Crippen LogP contribution is -2.35. The Labute approximate surface area is 112 Å². The van der Waals surface area contributed by atoms with E-state index < -0.39 is 0 Å². The minimum absolute atomic E-state index is 0.147. The van der Waals surface area contributed by atoms with Crippen LogP contribution in [-0.2, 0) is 13.2 Å². The molecule has 0 fully saturated rings. The predicted molar refractivity (Wildman–Crippen MR) is 69.0 cm³/mol. The van der Waals surface area contributed by atoms with Crippen LogP contribution < -0.4 is 9.30 Å². The van der Waals surface area contributed by atoms with Crippen molar-refractivity contribution in [3.05, 3.63) is 35.0 Å². The van der Waals surface area contributed by atoms with Crippen LogP contribution in [0.2, 0.25) is 0 Å². The lowest BCUT2D eigenvalue weighted by molar-refractivity contribution is -0.699. The number of nitrogens with zero attached hydrogens (tertiary/aromatic N) is 2. The summed E-state index contributed by atoms with van der Waals surface area (Å²) in [5, 5.41) is 13.8. The maximum Gasteiger partial charge on any atom is 0.229 e. The van der Waals surface area contributed by atoms with E-state index in [1.165, 1.54) is 0 Å². The highest BCUT2D eigenvalue weighted by atomic mass is 16.5. The summed E-state index contributed by atoms with van der Waals surface area (Å²) >= 11 is 0. The van der Waals surface area contributed by atoms with Crippen molar-refractivity contribution in [3.8, 4) is 11.5 Å². The van der Waals surface area contributed by atoms with E-state index in [1.807, 2.05) is 38.5 Å². The molecule has 0 amide bonds. The van der Waals surface area contributed by atoms with Crippen molar-refractivity contribution in [1.82, 2.24) is 5.16 Å². The Bertz CT molecular complexity index is 571. The second kappa shape index (κ2) is 5.30. The average molecular weight is 263 g/mol. The SMILES string of the molecule is CC[n+]1ccc(O)c(OCc2c(C)noc2C)c1C. The summed E-state index contributed by atoms with van der Waals surface area (Å²) in [7, 11) is 0. The van der Waals surface area contributed by atoms with E-state index in [2.05, 4.69) is 5.16 Å². The zero-order valence-corrected chi connectivity index (χ0v) is 11.7. The van der Waals surface area contributed by atoms with Crippen LogP contribution in [0.5, 0.6) is 11.5 Å². The largest absolute Gasteiger partial charge is 0.504 e. The van der Waals surface area contributed by atoms with Gasteiger partial charge in [0.05, 0.1) is 11.3 Å². The predicted octanol–water partition coefficient (Wildman–Crippen LogP) is 2.19. The maximum absolute atomic E-state index is 9.90. The molecule has 0 aliphatic rings. The molecule has 2 rings (SSSR count). The molecule has 102 valence electrons.